The van der Waals surface area contributed by atoms with Crippen molar-refractivity contribution in [2.45, 2.75) is 20.8 Å². The molecule has 0 aliphatic rings. The van der Waals surface area contributed by atoms with Gasteiger partial charge >= 0.3 is 5.69 Å². The molecule has 0 spiro atoms. The molecule has 0 bridgehead atoms. The SMILES string of the molecule is CCOc1cc(/C=C(\C#N)C(=O)Nc2ccc(C)cc2C)cc(Cl)c1Oc1ccc([N+](=O)[O-])cc1[N+](=O)[O-]. The Morgan fingerprint density at radius 3 is 2.42 bits per heavy atom. The Kier molecular flexibility index (Phi) is 8.62. The Morgan fingerprint density at radius 1 is 1.08 bits per heavy atom. The van der Waals surface area contributed by atoms with Gasteiger partial charge in [0.15, 0.2) is 11.5 Å². The highest BCUT2D eigenvalue weighted by molar-refractivity contribution is 6.32. The summed E-state index contributed by atoms with van der Waals surface area (Å²) in [5, 5.41) is 34.8. The van der Waals surface area contributed by atoms with Crippen LogP contribution in [0.25, 0.3) is 6.08 Å². The van der Waals surface area contributed by atoms with Crippen LogP contribution in [0.15, 0.2) is 54.1 Å². The summed E-state index contributed by atoms with van der Waals surface area (Å²) in [7, 11) is 0. The lowest BCUT2D eigenvalue weighted by atomic mass is 10.1. The number of aryl methyl sites for hydroxylation is 2. The van der Waals surface area contributed by atoms with E-state index in [4.69, 9.17) is 21.1 Å². The van der Waals surface area contributed by atoms with Gasteiger partial charge in [0.2, 0.25) is 5.75 Å². The summed E-state index contributed by atoms with van der Waals surface area (Å²) in [4.78, 5) is 33.7. The summed E-state index contributed by atoms with van der Waals surface area (Å²) >= 11 is 6.41. The predicted octanol–water partition coefficient (Wildman–Crippen LogP) is 6.51. The van der Waals surface area contributed by atoms with E-state index in [1.165, 1.54) is 18.2 Å². The quantitative estimate of drug-likeness (QED) is 0.140. The van der Waals surface area contributed by atoms with Gasteiger partial charge in [-0.05, 0) is 62.2 Å². The van der Waals surface area contributed by atoms with Crippen LogP contribution in [0.3, 0.4) is 0 Å². The Hall–Kier alpha value is -4.95. The molecule has 0 atom stereocenters. The molecule has 38 heavy (non-hydrogen) atoms. The van der Waals surface area contributed by atoms with E-state index >= 15 is 0 Å². The molecular weight excluding hydrogens is 516 g/mol. The van der Waals surface area contributed by atoms with Gasteiger partial charge in [-0.2, -0.15) is 5.26 Å². The molecule has 0 fully saturated rings. The zero-order chi connectivity index (χ0) is 28.0. The van der Waals surface area contributed by atoms with E-state index in [9.17, 15) is 30.3 Å². The number of ether oxygens (including phenoxy) is 2. The molecule has 1 amide bonds. The van der Waals surface area contributed by atoms with Gasteiger partial charge in [0.1, 0.15) is 11.6 Å². The first-order valence-corrected chi connectivity index (χ1v) is 11.5. The largest absolute Gasteiger partial charge is 0.490 e. The molecule has 12 heteroatoms. The summed E-state index contributed by atoms with van der Waals surface area (Å²) in [6.45, 7) is 5.61. The number of rotatable bonds is 9. The maximum Gasteiger partial charge on any atom is 0.318 e. The highest BCUT2D eigenvalue weighted by Gasteiger charge is 2.24. The number of anilines is 1. The number of nitro groups is 2. The van der Waals surface area contributed by atoms with Crippen molar-refractivity contribution < 1.29 is 24.1 Å². The average molecular weight is 537 g/mol. The third-order valence-electron chi connectivity index (χ3n) is 5.20. The van der Waals surface area contributed by atoms with Crippen molar-refractivity contribution in [1.29, 1.82) is 5.26 Å². The van der Waals surface area contributed by atoms with Crippen LogP contribution in [-0.2, 0) is 4.79 Å². The zero-order valence-electron chi connectivity index (χ0n) is 20.5. The van der Waals surface area contributed by atoms with Crippen molar-refractivity contribution in [2.24, 2.45) is 0 Å². The monoisotopic (exact) mass is 536 g/mol. The van der Waals surface area contributed by atoms with Gasteiger partial charge in [0.05, 0.1) is 27.5 Å². The Balaban J connectivity index is 1.98. The van der Waals surface area contributed by atoms with Crippen LogP contribution in [-0.4, -0.2) is 22.4 Å². The summed E-state index contributed by atoms with van der Waals surface area (Å²) in [6.07, 6.45) is 1.31. The summed E-state index contributed by atoms with van der Waals surface area (Å²) < 4.78 is 11.3. The molecule has 0 unspecified atom stereocenters. The number of nitro benzene ring substituents is 2. The van der Waals surface area contributed by atoms with Gasteiger partial charge < -0.3 is 14.8 Å². The molecule has 0 aliphatic carbocycles. The fourth-order valence-corrected chi connectivity index (χ4v) is 3.71. The van der Waals surface area contributed by atoms with Crippen molar-refractivity contribution in [2.75, 3.05) is 11.9 Å². The standard InChI is InChI=1S/C26H21ClN4O7/c1-4-37-24-12-17(10-18(14-28)26(32)29-21-7-5-15(2)9-16(21)3)11-20(27)25(24)38-23-8-6-19(30(33)34)13-22(23)31(35)36/h5-13H,4H2,1-3H3,(H,29,32)/b18-10+. The van der Waals surface area contributed by atoms with E-state index in [1.807, 2.05) is 32.0 Å². The molecule has 11 nitrogen and oxygen atoms in total. The van der Waals surface area contributed by atoms with E-state index in [1.54, 1.807) is 13.0 Å². The molecule has 3 aromatic carbocycles. The Bertz CT molecular complexity index is 1510. The lowest BCUT2D eigenvalue weighted by Crippen LogP contribution is -2.14. The first-order valence-electron chi connectivity index (χ1n) is 11.1. The predicted molar refractivity (Wildman–Crippen MR) is 141 cm³/mol. The molecule has 0 aliphatic heterocycles. The summed E-state index contributed by atoms with van der Waals surface area (Å²) in [6, 6.07) is 13.1. The second-order valence-electron chi connectivity index (χ2n) is 7.97. The maximum atomic E-state index is 12.8. The van der Waals surface area contributed by atoms with Gasteiger partial charge in [-0.3, -0.25) is 25.0 Å². The van der Waals surface area contributed by atoms with Crippen LogP contribution in [0, 0.1) is 45.4 Å². The van der Waals surface area contributed by atoms with E-state index in [-0.39, 0.29) is 34.5 Å². The van der Waals surface area contributed by atoms with E-state index in [0.29, 0.717) is 11.3 Å². The number of nitriles is 1. The number of non-ortho nitro benzene ring substituents is 1. The lowest BCUT2D eigenvalue weighted by Gasteiger charge is -2.14. The molecule has 0 aromatic heterocycles. The minimum atomic E-state index is -0.818. The summed E-state index contributed by atoms with van der Waals surface area (Å²) in [5.74, 6) is -0.931. The highest BCUT2D eigenvalue weighted by Crippen LogP contribution is 2.43. The number of hydrogen-bond acceptors (Lipinski definition) is 8. The normalized spacial score (nSPS) is 10.9. The van der Waals surface area contributed by atoms with Crippen LogP contribution >= 0.6 is 11.6 Å². The topological polar surface area (TPSA) is 158 Å². The van der Waals surface area contributed by atoms with Gasteiger partial charge in [0.25, 0.3) is 11.6 Å². The Morgan fingerprint density at radius 2 is 1.82 bits per heavy atom. The van der Waals surface area contributed by atoms with Gasteiger partial charge in [-0.25, -0.2) is 0 Å². The molecule has 0 heterocycles. The lowest BCUT2D eigenvalue weighted by molar-refractivity contribution is -0.394. The first kappa shape index (κ1) is 27.6. The van der Waals surface area contributed by atoms with Crippen LogP contribution in [0.1, 0.15) is 23.6 Å². The summed E-state index contributed by atoms with van der Waals surface area (Å²) in [5.41, 5.74) is 1.42. The average Bonchev–Trinajstić information content (AvgIpc) is 2.86. The first-order chi connectivity index (χ1) is 18.0. The zero-order valence-corrected chi connectivity index (χ0v) is 21.2. The molecule has 0 saturated heterocycles. The number of nitrogens with zero attached hydrogens (tertiary/aromatic N) is 3. The van der Waals surface area contributed by atoms with Crippen LogP contribution in [0.4, 0.5) is 17.1 Å². The highest BCUT2D eigenvalue weighted by atomic mass is 35.5. The van der Waals surface area contributed by atoms with Crippen molar-refractivity contribution in [3.63, 3.8) is 0 Å². The van der Waals surface area contributed by atoms with Crippen molar-refractivity contribution in [3.8, 4) is 23.3 Å². The molecule has 1 N–H and O–H groups in total. The number of halogens is 1. The molecular formula is C26H21ClN4O7. The molecule has 0 saturated carbocycles. The van der Waals surface area contributed by atoms with Crippen LogP contribution in [0.5, 0.6) is 17.2 Å². The van der Waals surface area contributed by atoms with Crippen molar-refractivity contribution in [1.82, 2.24) is 0 Å². The number of amides is 1. The number of nitrogens with one attached hydrogen (secondary N) is 1. The molecule has 3 aromatic rings. The minimum Gasteiger partial charge on any atom is -0.490 e. The smallest absolute Gasteiger partial charge is 0.318 e. The second-order valence-corrected chi connectivity index (χ2v) is 8.38. The maximum absolute atomic E-state index is 12.8. The van der Waals surface area contributed by atoms with Gasteiger partial charge in [-0.1, -0.05) is 29.3 Å². The van der Waals surface area contributed by atoms with Crippen molar-refractivity contribution in [3.05, 3.63) is 96.0 Å². The third kappa shape index (κ3) is 6.43. The third-order valence-corrected chi connectivity index (χ3v) is 5.48. The number of carbonyl (C=O) groups is 1. The number of hydrogen-bond donors (Lipinski definition) is 1. The van der Waals surface area contributed by atoms with Crippen molar-refractivity contribution >= 4 is 40.6 Å². The van der Waals surface area contributed by atoms with E-state index < -0.39 is 27.1 Å². The number of benzene rings is 3. The fourth-order valence-electron chi connectivity index (χ4n) is 3.45. The Labute approximate surface area is 222 Å². The molecule has 194 valence electrons. The van der Waals surface area contributed by atoms with Gasteiger partial charge in [-0.15, -0.1) is 0 Å². The van der Waals surface area contributed by atoms with Crippen LogP contribution in [0.2, 0.25) is 5.02 Å². The van der Waals surface area contributed by atoms with Crippen LogP contribution < -0.4 is 14.8 Å². The van der Waals surface area contributed by atoms with E-state index in [2.05, 4.69) is 5.32 Å². The minimum absolute atomic E-state index is 0.0399. The second kappa shape index (κ2) is 11.9. The molecule has 0 radical (unpaired) electrons. The van der Waals surface area contributed by atoms with E-state index in [0.717, 1.165) is 29.3 Å². The number of carbonyl (C=O) groups excluding carboxylic acids is 1. The van der Waals surface area contributed by atoms with Gasteiger partial charge in [0, 0.05) is 11.8 Å². The fraction of sp³-hybridized carbons (Fsp3) is 0.154. The molecule has 3 rings (SSSR count).